The minimum absolute atomic E-state index is 0.0295. The van der Waals surface area contributed by atoms with Crippen molar-refractivity contribution < 1.29 is 14.8 Å². The summed E-state index contributed by atoms with van der Waals surface area (Å²) in [6.07, 6.45) is 1.05. The van der Waals surface area contributed by atoms with Crippen molar-refractivity contribution >= 4 is 23.9 Å². The number of hydrogen-bond donors (Lipinski definition) is 2. The molecule has 0 bridgehead atoms. The average molecular weight is 200 g/mol. The number of nitrogens with zero attached hydrogens (tertiary/aromatic N) is 1. The third-order valence-electron chi connectivity index (χ3n) is 1.33. The molecule has 0 aliphatic rings. The van der Waals surface area contributed by atoms with Gasteiger partial charge < -0.3 is 10.1 Å². The predicted molar refractivity (Wildman–Crippen MR) is 45.2 cm³/mol. The molecule has 0 fully saturated rings. The number of H-pyrrole nitrogens is 1. The van der Waals surface area contributed by atoms with Gasteiger partial charge in [0.2, 0.25) is 0 Å². The van der Waals surface area contributed by atoms with Crippen molar-refractivity contribution in [3.05, 3.63) is 32.6 Å². The lowest BCUT2D eigenvalue weighted by Crippen LogP contribution is -2.00. The standard InChI is InChI=1S/C6H4N2O4S/c9-6(10)4-1-3(8(11)12)2-7-5(4)13/h1-2H,(H,7,13)(H,9,10). The zero-order valence-electron chi connectivity index (χ0n) is 6.18. The van der Waals surface area contributed by atoms with E-state index < -0.39 is 10.9 Å². The SMILES string of the molecule is O=C(O)c1cc([N+](=O)[O-])c[nH]c1=S. The Bertz CT molecular complexity index is 425. The van der Waals surface area contributed by atoms with Crippen LogP contribution in [0.4, 0.5) is 5.69 Å². The highest BCUT2D eigenvalue weighted by Gasteiger charge is 2.12. The number of nitrogens with one attached hydrogen (secondary N) is 1. The third kappa shape index (κ3) is 1.88. The zero-order chi connectivity index (χ0) is 10.0. The lowest BCUT2D eigenvalue weighted by atomic mass is 10.3. The van der Waals surface area contributed by atoms with Gasteiger partial charge in [-0.1, -0.05) is 12.2 Å². The van der Waals surface area contributed by atoms with Crippen LogP contribution < -0.4 is 0 Å². The second kappa shape index (κ2) is 3.31. The molecule has 0 radical (unpaired) electrons. The van der Waals surface area contributed by atoms with Gasteiger partial charge in [0.15, 0.2) is 0 Å². The molecular weight excluding hydrogens is 196 g/mol. The molecule has 0 spiro atoms. The van der Waals surface area contributed by atoms with E-state index in [4.69, 9.17) is 5.11 Å². The first kappa shape index (κ1) is 9.33. The van der Waals surface area contributed by atoms with Crippen LogP contribution in [0.3, 0.4) is 0 Å². The Balaban J connectivity index is 3.35. The summed E-state index contributed by atoms with van der Waals surface area (Å²) in [5, 5.41) is 18.8. The van der Waals surface area contributed by atoms with Gasteiger partial charge >= 0.3 is 5.97 Å². The van der Waals surface area contributed by atoms with Gasteiger partial charge in [-0.05, 0) is 0 Å². The maximum atomic E-state index is 10.5. The van der Waals surface area contributed by atoms with Crippen LogP contribution in [0.25, 0.3) is 0 Å². The fourth-order valence-corrected chi connectivity index (χ4v) is 0.942. The van der Waals surface area contributed by atoms with E-state index in [-0.39, 0.29) is 15.9 Å². The van der Waals surface area contributed by atoms with Gasteiger partial charge in [0.1, 0.15) is 10.2 Å². The summed E-state index contributed by atoms with van der Waals surface area (Å²) >= 11 is 4.62. The first-order chi connectivity index (χ1) is 6.02. The molecule has 68 valence electrons. The van der Waals surface area contributed by atoms with Crippen LogP contribution in [0.2, 0.25) is 0 Å². The molecule has 0 unspecified atom stereocenters. The summed E-state index contributed by atoms with van der Waals surface area (Å²) in [5.74, 6) is -1.29. The van der Waals surface area contributed by atoms with Crippen LogP contribution in [0.15, 0.2) is 12.3 Å². The van der Waals surface area contributed by atoms with Crippen LogP contribution in [-0.4, -0.2) is 21.0 Å². The summed E-state index contributed by atoms with van der Waals surface area (Å²) < 4.78 is -0.0295. The Morgan fingerprint density at radius 1 is 1.69 bits per heavy atom. The van der Waals surface area contributed by atoms with Crippen molar-refractivity contribution in [1.82, 2.24) is 4.98 Å². The van der Waals surface area contributed by atoms with Crippen molar-refractivity contribution in [1.29, 1.82) is 0 Å². The first-order valence-corrected chi connectivity index (χ1v) is 3.53. The van der Waals surface area contributed by atoms with Crippen molar-refractivity contribution in [2.24, 2.45) is 0 Å². The molecule has 6 nitrogen and oxygen atoms in total. The maximum absolute atomic E-state index is 10.5. The van der Waals surface area contributed by atoms with Crippen LogP contribution >= 0.6 is 12.2 Å². The third-order valence-corrected chi connectivity index (χ3v) is 1.67. The molecule has 0 aliphatic heterocycles. The van der Waals surface area contributed by atoms with Crippen molar-refractivity contribution in [3.63, 3.8) is 0 Å². The van der Waals surface area contributed by atoms with Gasteiger partial charge in [0.25, 0.3) is 5.69 Å². The van der Waals surface area contributed by atoms with E-state index in [1.165, 1.54) is 0 Å². The van der Waals surface area contributed by atoms with E-state index in [1.54, 1.807) is 0 Å². The Hall–Kier alpha value is -1.76. The molecule has 0 saturated carbocycles. The van der Waals surface area contributed by atoms with Gasteiger partial charge in [-0.15, -0.1) is 0 Å². The smallest absolute Gasteiger partial charge is 0.338 e. The van der Waals surface area contributed by atoms with Crippen LogP contribution in [0.5, 0.6) is 0 Å². The molecule has 0 aliphatic carbocycles. The predicted octanol–water partition coefficient (Wildman–Crippen LogP) is 1.35. The fourth-order valence-electron chi connectivity index (χ4n) is 0.737. The highest BCUT2D eigenvalue weighted by atomic mass is 32.1. The molecule has 0 atom stereocenters. The number of aromatic amines is 1. The van der Waals surface area contributed by atoms with E-state index in [9.17, 15) is 14.9 Å². The van der Waals surface area contributed by atoms with Gasteiger partial charge in [-0.25, -0.2) is 4.79 Å². The lowest BCUT2D eigenvalue weighted by Gasteiger charge is -1.94. The number of pyridine rings is 1. The Kier molecular flexibility index (Phi) is 2.38. The van der Waals surface area contributed by atoms with Crippen LogP contribution in [0, 0.1) is 14.8 Å². The Morgan fingerprint density at radius 2 is 2.31 bits per heavy atom. The molecular formula is C6H4N2O4S. The van der Waals surface area contributed by atoms with E-state index in [2.05, 4.69) is 17.2 Å². The second-order valence-corrected chi connectivity index (χ2v) is 2.57. The van der Waals surface area contributed by atoms with Crippen molar-refractivity contribution in [3.8, 4) is 0 Å². The highest BCUT2D eigenvalue weighted by Crippen LogP contribution is 2.12. The molecule has 1 rings (SSSR count). The van der Waals surface area contributed by atoms with E-state index in [1.807, 2.05) is 0 Å². The summed E-state index contributed by atoms with van der Waals surface area (Å²) in [6.45, 7) is 0. The Labute approximate surface area is 77.0 Å². The van der Waals surface area contributed by atoms with E-state index in [0.717, 1.165) is 12.3 Å². The molecule has 0 saturated heterocycles. The minimum Gasteiger partial charge on any atom is -0.478 e. The molecule has 13 heavy (non-hydrogen) atoms. The lowest BCUT2D eigenvalue weighted by molar-refractivity contribution is -0.385. The molecule has 1 aromatic heterocycles. The van der Waals surface area contributed by atoms with Gasteiger partial charge in [-0.2, -0.15) is 0 Å². The number of rotatable bonds is 2. The second-order valence-electron chi connectivity index (χ2n) is 2.16. The molecule has 1 aromatic rings. The first-order valence-electron chi connectivity index (χ1n) is 3.13. The molecule has 0 amide bonds. The summed E-state index contributed by atoms with van der Waals surface area (Å²) in [4.78, 5) is 22.4. The monoisotopic (exact) mass is 200 g/mol. The fraction of sp³-hybridized carbons (Fsp3) is 0. The topological polar surface area (TPSA) is 96.2 Å². The maximum Gasteiger partial charge on any atom is 0.338 e. The average Bonchev–Trinajstić information content (AvgIpc) is 2.04. The normalized spacial score (nSPS) is 9.54. The van der Waals surface area contributed by atoms with Gasteiger partial charge in [0, 0.05) is 6.07 Å². The molecule has 7 heteroatoms. The van der Waals surface area contributed by atoms with Crippen LogP contribution in [0.1, 0.15) is 10.4 Å². The summed E-state index contributed by atoms with van der Waals surface area (Å²) in [6, 6.07) is 0.918. The van der Waals surface area contributed by atoms with Crippen LogP contribution in [-0.2, 0) is 0 Å². The number of aromatic nitrogens is 1. The Morgan fingerprint density at radius 3 is 2.77 bits per heavy atom. The van der Waals surface area contributed by atoms with E-state index in [0.29, 0.717) is 0 Å². The number of carboxylic acids is 1. The zero-order valence-corrected chi connectivity index (χ0v) is 7.00. The number of carboxylic acid groups (broad SMARTS) is 1. The largest absolute Gasteiger partial charge is 0.478 e. The summed E-state index contributed by atoms with van der Waals surface area (Å²) in [7, 11) is 0. The van der Waals surface area contributed by atoms with Crippen molar-refractivity contribution in [2.45, 2.75) is 0 Å². The molecule has 0 aromatic carbocycles. The molecule has 1 heterocycles. The van der Waals surface area contributed by atoms with E-state index >= 15 is 0 Å². The minimum atomic E-state index is -1.29. The van der Waals surface area contributed by atoms with Crippen molar-refractivity contribution in [2.75, 3.05) is 0 Å². The molecule has 2 N–H and O–H groups in total. The quantitative estimate of drug-likeness (QED) is 0.426. The number of nitro groups is 1. The number of hydrogen-bond acceptors (Lipinski definition) is 4. The number of aromatic carboxylic acids is 1. The highest BCUT2D eigenvalue weighted by molar-refractivity contribution is 7.71. The van der Waals surface area contributed by atoms with Gasteiger partial charge in [-0.3, -0.25) is 10.1 Å². The van der Waals surface area contributed by atoms with Gasteiger partial charge in [0.05, 0.1) is 11.1 Å². The summed E-state index contributed by atoms with van der Waals surface area (Å²) in [5.41, 5.74) is -0.602. The number of carbonyl (C=O) groups is 1.